The Morgan fingerprint density at radius 2 is 2.10 bits per heavy atom. The van der Waals surface area contributed by atoms with Crippen LogP contribution in [0.5, 0.6) is 0 Å². The molecule has 0 saturated carbocycles. The van der Waals surface area contributed by atoms with Crippen molar-refractivity contribution in [1.29, 1.82) is 0 Å². The van der Waals surface area contributed by atoms with Crippen LogP contribution in [-0.4, -0.2) is 21.1 Å². The number of nitrogens with zero attached hydrogens (tertiary/aromatic N) is 3. The Morgan fingerprint density at radius 3 is 2.80 bits per heavy atom. The summed E-state index contributed by atoms with van der Waals surface area (Å²) in [4.78, 5) is 11.8. The number of allylic oxidation sites excluding steroid dienone is 1. The molecule has 5 nitrogen and oxygen atoms in total. The van der Waals surface area contributed by atoms with E-state index in [0.717, 1.165) is 15.8 Å². The Labute approximate surface area is 121 Å². The minimum atomic E-state index is -0.322. The number of benzene rings is 1. The lowest BCUT2D eigenvalue weighted by atomic mass is 10.1. The predicted molar refractivity (Wildman–Crippen MR) is 82.4 cm³/mol. The van der Waals surface area contributed by atoms with E-state index in [1.54, 1.807) is 13.1 Å². The highest BCUT2D eigenvalue weighted by molar-refractivity contribution is 7.71. The van der Waals surface area contributed by atoms with Gasteiger partial charge in [-0.1, -0.05) is 36.4 Å². The molecular weight excluding hydrogens is 272 g/mol. The number of aromatic nitrogens is 3. The topological polar surface area (TPSA) is 63.0 Å². The van der Waals surface area contributed by atoms with Crippen LogP contribution in [0.2, 0.25) is 0 Å². The van der Waals surface area contributed by atoms with E-state index in [1.807, 2.05) is 43.3 Å². The van der Waals surface area contributed by atoms with Crippen molar-refractivity contribution >= 4 is 24.5 Å². The first-order valence-corrected chi connectivity index (χ1v) is 6.45. The van der Waals surface area contributed by atoms with E-state index in [-0.39, 0.29) is 10.3 Å². The normalized spacial score (nSPS) is 12.0. The van der Waals surface area contributed by atoms with E-state index in [2.05, 4.69) is 15.3 Å². The average molecular weight is 286 g/mol. The van der Waals surface area contributed by atoms with Crippen LogP contribution in [0.4, 0.5) is 0 Å². The van der Waals surface area contributed by atoms with E-state index < -0.39 is 0 Å². The molecule has 1 aromatic heterocycles. The molecule has 20 heavy (non-hydrogen) atoms. The number of aryl methyl sites for hydroxylation is 1. The van der Waals surface area contributed by atoms with Crippen molar-refractivity contribution in [2.24, 2.45) is 5.10 Å². The summed E-state index contributed by atoms with van der Waals surface area (Å²) in [5.74, 6) is 0. The summed E-state index contributed by atoms with van der Waals surface area (Å²) in [5, 5.41) is 10.5. The molecule has 6 heteroatoms. The molecule has 0 fully saturated rings. The minimum Gasteiger partial charge on any atom is -0.265 e. The highest BCUT2D eigenvalue weighted by Gasteiger charge is 2.00. The zero-order valence-electron chi connectivity index (χ0n) is 11.2. The van der Waals surface area contributed by atoms with Gasteiger partial charge in [0.15, 0.2) is 0 Å². The second kappa shape index (κ2) is 6.21. The molecule has 0 spiro atoms. The molecule has 0 amide bonds. The SMILES string of the molecule is CC(/C=N/n1c(=S)[nH]nc(C)c1=O)=C\c1ccccc1. The number of nitrogens with one attached hydrogen (secondary N) is 1. The van der Waals surface area contributed by atoms with Crippen molar-refractivity contribution in [1.82, 2.24) is 14.9 Å². The quantitative estimate of drug-likeness (QED) is 0.696. The van der Waals surface area contributed by atoms with Gasteiger partial charge in [0.05, 0.1) is 6.21 Å². The molecule has 0 bridgehead atoms. The maximum atomic E-state index is 11.8. The molecule has 1 aromatic carbocycles. The molecular formula is C14H14N4OS. The van der Waals surface area contributed by atoms with E-state index >= 15 is 0 Å². The number of hydrogen-bond acceptors (Lipinski definition) is 4. The van der Waals surface area contributed by atoms with Crippen LogP contribution in [0.25, 0.3) is 6.08 Å². The number of H-pyrrole nitrogens is 1. The van der Waals surface area contributed by atoms with Crippen molar-refractivity contribution in [2.45, 2.75) is 13.8 Å². The van der Waals surface area contributed by atoms with Crippen LogP contribution < -0.4 is 5.56 Å². The largest absolute Gasteiger partial charge is 0.296 e. The van der Waals surface area contributed by atoms with Crippen LogP contribution in [0.1, 0.15) is 18.2 Å². The third-order valence-corrected chi connectivity index (χ3v) is 2.85. The Hall–Kier alpha value is -2.34. The Morgan fingerprint density at radius 1 is 1.40 bits per heavy atom. The molecule has 0 atom stereocenters. The van der Waals surface area contributed by atoms with Crippen LogP contribution in [0, 0.1) is 11.7 Å². The summed E-state index contributed by atoms with van der Waals surface area (Å²) >= 11 is 4.99. The molecule has 102 valence electrons. The van der Waals surface area contributed by atoms with Gasteiger partial charge in [-0.15, -0.1) is 0 Å². The Balaban J connectivity index is 2.31. The highest BCUT2D eigenvalue weighted by atomic mass is 32.1. The average Bonchev–Trinajstić information content (AvgIpc) is 2.44. The van der Waals surface area contributed by atoms with Gasteiger partial charge in [0.25, 0.3) is 5.56 Å². The maximum absolute atomic E-state index is 11.8. The molecule has 0 aliphatic carbocycles. The summed E-state index contributed by atoms with van der Waals surface area (Å²) in [5.41, 5.74) is 1.98. The third kappa shape index (κ3) is 3.36. The van der Waals surface area contributed by atoms with Crippen LogP contribution in [0.15, 0.2) is 45.8 Å². The van der Waals surface area contributed by atoms with Crippen molar-refractivity contribution in [3.63, 3.8) is 0 Å². The Bertz CT molecular complexity index is 772. The van der Waals surface area contributed by atoms with Gasteiger partial charge in [0, 0.05) is 0 Å². The van der Waals surface area contributed by atoms with E-state index in [4.69, 9.17) is 12.2 Å². The van der Waals surface area contributed by atoms with Crippen LogP contribution in [-0.2, 0) is 0 Å². The maximum Gasteiger partial charge on any atom is 0.296 e. The molecule has 2 rings (SSSR count). The number of rotatable bonds is 3. The summed E-state index contributed by atoms with van der Waals surface area (Å²) in [6.45, 7) is 3.51. The molecule has 2 aromatic rings. The van der Waals surface area contributed by atoms with Gasteiger partial charge in [-0.2, -0.15) is 14.9 Å². The van der Waals surface area contributed by atoms with Gasteiger partial charge in [0.2, 0.25) is 4.77 Å². The predicted octanol–water partition coefficient (Wildman–Crippen LogP) is 2.55. The summed E-state index contributed by atoms with van der Waals surface area (Å²) in [6, 6.07) is 9.87. The smallest absolute Gasteiger partial charge is 0.265 e. The molecule has 0 radical (unpaired) electrons. The molecule has 0 aliphatic heterocycles. The van der Waals surface area contributed by atoms with Gasteiger partial charge >= 0.3 is 0 Å². The first-order chi connectivity index (χ1) is 9.58. The van der Waals surface area contributed by atoms with E-state index in [1.165, 1.54) is 0 Å². The summed E-state index contributed by atoms with van der Waals surface area (Å²) in [7, 11) is 0. The van der Waals surface area contributed by atoms with Gasteiger partial charge in [-0.05, 0) is 37.2 Å². The monoisotopic (exact) mass is 286 g/mol. The molecule has 0 aliphatic rings. The van der Waals surface area contributed by atoms with Gasteiger partial charge in [-0.3, -0.25) is 9.89 Å². The van der Waals surface area contributed by atoms with Crippen LogP contribution >= 0.6 is 12.2 Å². The first kappa shape index (κ1) is 14.1. The summed E-state index contributed by atoms with van der Waals surface area (Å²) < 4.78 is 1.30. The number of aromatic amines is 1. The fourth-order valence-electron chi connectivity index (χ4n) is 1.58. The van der Waals surface area contributed by atoms with Crippen LogP contribution in [0.3, 0.4) is 0 Å². The third-order valence-electron chi connectivity index (χ3n) is 2.58. The molecule has 1 N–H and O–H groups in total. The number of hydrogen-bond donors (Lipinski definition) is 1. The second-order valence-electron chi connectivity index (χ2n) is 4.27. The fraction of sp³-hybridized carbons (Fsp3) is 0.143. The lowest BCUT2D eigenvalue weighted by molar-refractivity contribution is 0.720. The second-order valence-corrected chi connectivity index (χ2v) is 4.66. The van der Waals surface area contributed by atoms with Crippen molar-refractivity contribution < 1.29 is 0 Å². The zero-order chi connectivity index (χ0) is 14.5. The van der Waals surface area contributed by atoms with Crippen molar-refractivity contribution in [2.75, 3.05) is 0 Å². The summed E-state index contributed by atoms with van der Waals surface area (Å²) in [6.07, 6.45) is 3.56. The standard InChI is InChI=1S/C14H14N4OS/c1-10(8-12-6-4-3-5-7-12)9-15-18-13(19)11(2)16-17-14(18)20/h3-9H,1-2H3,(H,17,20)/b10-8+,15-9+. The first-order valence-electron chi connectivity index (χ1n) is 6.04. The lowest BCUT2D eigenvalue weighted by Crippen LogP contribution is -2.22. The van der Waals surface area contributed by atoms with Gasteiger partial charge in [0.1, 0.15) is 5.69 Å². The van der Waals surface area contributed by atoms with Crippen molar-refractivity contribution in [3.05, 3.63) is 62.3 Å². The van der Waals surface area contributed by atoms with Crippen molar-refractivity contribution in [3.8, 4) is 0 Å². The Kier molecular flexibility index (Phi) is 4.37. The minimum absolute atomic E-state index is 0.171. The van der Waals surface area contributed by atoms with E-state index in [9.17, 15) is 4.79 Å². The van der Waals surface area contributed by atoms with Gasteiger partial charge in [-0.25, -0.2) is 0 Å². The highest BCUT2D eigenvalue weighted by Crippen LogP contribution is 2.04. The molecule has 0 unspecified atom stereocenters. The van der Waals surface area contributed by atoms with Gasteiger partial charge < -0.3 is 0 Å². The fourth-order valence-corrected chi connectivity index (χ4v) is 1.75. The van der Waals surface area contributed by atoms with E-state index in [0.29, 0.717) is 5.69 Å². The lowest BCUT2D eigenvalue weighted by Gasteiger charge is -1.99. The molecule has 0 saturated heterocycles. The molecule has 1 heterocycles. The zero-order valence-corrected chi connectivity index (χ0v) is 12.0.